The summed E-state index contributed by atoms with van der Waals surface area (Å²) in [6.07, 6.45) is 15.3. The normalized spacial score (nSPS) is 12.0. The molecule has 8 aromatic carbocycles. The average Bonchev–Trinajstić information content (AvgIpc) is 1.24. The molecule has 1 aliphatic carbocycles. The van der Waals surface area contributed by atoms with Gasteiger partial charge < -0.3 is 20.4 Å². The summed E-state index contributed by atoms with van der Waals surface area (Å²) in [5, 5.41) is 41.7. The van der Waals surface area contributed by atoms with Crippen LogP contribution in [-0.4, -0.2) is 63.5 Å². The van der Waals surface area contributed by atoms with Crippen LogP contribution in [0.15, 0.2) is 217 Å². The van der Waals surface area contributed by atoms with Crippen LogP contribution in [0.5, 0.6) is 0 Å². The quantitative estimate of drug-likeness (QED) is 0.0254. The number of carbonyl (C=O) groups excluding carboxylic acids is 4. The van der Waals surface area contributed by atoms with Gasteiger partial charge in [-0.05, 0) is 169 Å². The van der Waals surface area contributed by atoms with Crippen molar-refractivity contribution in [1.29, 1.82) is 0 Å². The van der Waals surface area contributed by atoms with Crippen LogP contribution in [0.2, 0.25) is 0 Å². The molecule has 4 radical (unpaired) electrons. The van der Waals surface area contributed by atoms with E-state index in [1.54, 1.807) is 0 Å². The first-order chi connectivity index (χ1) is 62.4. The number of fused-ring (bicyclic) bond motifs is 4. The first-order valence-corrected chi connectivity index (χ1v) is 47.7. The first kappa shape index (κ1) is 123. The van der Waals surface area contributed by atoms with Crippen molar-refractivity contribution in [3.05, 3.63) is 308 Å². The monoisotopic (exact) mass is 2550 g/mol. The van der Waals surface area contributed by atoms with E-state index in [1.807, 2.05) is 83.1 Å². The molecule has 0 saturated heterocycles. The zero-order valence-electron chi connectivity index (χ0n) is 85.9. The van der Waals surface area contributed by atoms with E-state index < -0.39 is 0 Å². The Kier molecular flexibility index (Phi) is 55.4. The number of hydrogen-bond acceptors (Lipinski definition) is 12. The fourth-order valence-electron chi connectivity index (χ4n) is 16.1. The fourth-order valence-corrected chi connectivity index (χ4v) is 16.1. The Hall–Kier alpha value is -9.16. The number of aromatic nitrogens is 4. The van der Waals surface area contributed by atoms with Gasteiger partial charge in [0.1, 0.15) is 0 Å². The van der Waals surface area contributed by atoms with Crippen LogP contribution in [0, 0.1) is 115 Å². The first-order valence-electron chi connectivity index (χ1n) is 47.7. The van der Waals surface area contributed by atoms with Gasteiger partial charge in [-0.1, -0.05) is 284 Å². The molecule has 136 heavy (non-hydrogen) atoms. The number of pyridine rings is 4. The average molecular weight is 2550 g/mol. The fraction of sp³-hybridized carbons (Fsp3) is 0.400. The molecule has 0 amide bonds. The minimum atomic E-state index is -0.125. The summed E-state index contributed by atoms with van der Waals surface area (Å²) in [6.45, 7) is 56.4. The number of hydrogen-bond donors (Lipinski definition) is 4. The maximum absolute atomic E-state index is 11.7. The predicted molar refractivity (Wildman–Crippen MR) is 556 cm³/mol. The number of carbonyl (C=O) groups is 4. The van der Waals surface area contributed by atoms with Crippen LogP contribution >= 0.6 is 0 Å². The summed E-state index contributed by atoms with van der Waals surface area (Å²) >= 11 is 0. The summed E-state index contributed by atoms with van der Waals surface area (Å²) in [4.78, 5) is 63.3. The molecule has 4 N–H and O–H groups in total. The van der Waals surface area contributed by atoms with Crippen molar-refractivity contribution in [2.24, 2.45) is 35.5 Å². The Morgan fingerprint density at radius 3 is 1.00 bits per heavy atom. The number of benzene rings is 8. The van der Waals surface area contributed by atoms with Gasteiger partial charge in [0.15, 0.2) is 23.1 Å². The van der Waals surface area contributed by atoms with Crippen molar-refractivity contribution in [2.45, 2.75) is 282 Å². The van der Waals surface area contributed by atoms with Gasteiger partial charge >= 0.3 is 0 Å². The predicted octanol–water partition coefficient (Wildman–Crippen LogP) is 32.6. The third kappa shape index (κ3) is 40.7. The van der Waals surface area contributed by atoms with Crippen molar-refractivity contribution in [2.75, 3.05) is 0 Å². The molecule has 0 atom stereocenters. The Morgan fingerprint density at radius 1 is 0.368 bits per heavy atom. The van der Waals surface area contributed by atoms with Gasteiger partial charge in [-0.15, -0.1) is 140 Å². The van der Waals surface area contributed by atoms with Gasteiger partial charge in [-0.25, -0.2) is 0 Å². The van der Waals surface area contributed by atoms with Crippen molar-refractivity contribution in [3.8, 4) is 45.0 Å². The Balaban J connectivity index is 0.000000534. The second-order valence-corrected chi connectivity index (χ2v) is 37.9. The van der Waals surface area contributed by atoms with Gasteiger partial charge in [0, 0.05) is 157 Å². The number of nitrogens with zero attached hydrogens (tertiary/aromatic N) is 4. The van der Waals surface area contributed by atoms with Crippen molar-refractivity contribution in [1.82, 2.24) is 19.9 Å². The summed E-state index contributed by atoms with van der Waals surface area (Å²) in [6, 6.07) is 74.0. The van der Waals surface area contributed by atoms with E-state index in [-0.39, 0.29) is 150 Å². The molecule has 738 valence electrons. The number of allylic oxidation sites excluding steroid dienone is 8. The maximum Gasteiger partial charge on any atom is 0.162 e. The van der Waals surface area contributed by atoms with Crippen LogP contribution < -0.4 is 0 Å². The number of aryl methyl sites for hydroxylation is 8. The van der Waals surface area contributed by atoms with Crippen LogP contribution in [0.3, 0.4) is 0 Å². The van der Waals surface area contributed by atoms with E-state index in [1.165, 1.54) is 135 Å². The van der Waals surface area contributed by atoms with Crippen LogP contribution in [0.1, 0.15) is 293 Å². The maximum atomic E-state index is 11.7. The number of rotatable bonds is 24. The Morgan fingerprint density at radius 2 is 0.706 bits per heavy atom. The smallest absolute Gasteiger partial charge is 0.162 e. The Bertz CT molecular complexity index is 5550. The van der Waals surface area contributed by atoms with Crippen LogP contribution in [-0.2, 0) is 99.6 Å². The van der Waals surface area contributed by atoms with E-state index in [0.717, 1.165) is 115 Å². The van der Waals surface area contributed by atoms with Crippen LogP contribution in [0.25, 0.3) is 88.6 Å². The number of ketones is 4. The zero-order chi connectivity index (χ0) is 97.9. The largest absolute Gasteiger partial charge is 0.512 e. The topological polar surface area (TPSA) is 201 Å². The summed E-state index contributed by atoms with van der Waals surface area (Å²) < 4.78 is 0. The standard InChI is InChI=1S/C22H22N.3C20H20N.C13H24O2.C11H20O2.C9H16O2.C5H8O2.4Ir/c1-15-11-16(2)13-20(12-15)22-10-8-19-14-18(7-9-21(19)23-22)17-5-3-4-6-17;3*1-13(2)17-6-5-7-20-18(17)8-9-19(21-20)16-11-14(3)10-15(4)12-16;1-5-10(6-2)12(14)9-13(15)11(7-3)8-4;1-8(2)5-10(12)7-11(13)6-9(3)4;1-6(2)8(10)5-9(11)7(3)4;1-4(6)3-5(2)7;;;;/h7-12,14,17H,3-6H2,1-2H3;3*5-11,13H,1-4H3;9-11,14H,5-8H2,1-4H3;7-9,12H,5-6H2,1-4H3;5-7,10H,1-4H3;3,6H,1-2H3;;;;/q4*-1;;;;;;;;. The summed E-state index contributed by atoms with van der Waals surface area (Å²) in [5.41, 5.74) is 27.8. The second kappa shape index (κ2) is 61.3. The number of aliphatic hydroxyl groups excluding tert-OH is 4. The zero-order valence-corrected chi connectivity index (χ0v) is 95.4. The molecule has 0 spiro atoms. The SMILES string of the molecule is CC(=O)C=C(C)O.CC(C)C(=O)C=C(O)C(C)C.CC(C)CC(=O)C=C(O)CC(C)C.CCC(CC)C(=O)C=C(O)C(CC)CC.Cc1[c-]c(-c2ccc3c(C(C)C)cccc3n2)cc(C)c1.Cc1[c-]c(-c2ccc3c(C(C)C)cccc3n2)cc(C)c1.Cc1[c-]c(-c2ccc3c(C(C)C)cccc3n2)cc(C)c1.Cc1[c-]c(-c2ccc3cc(C4CCCC4)ccc3n2)cc(C)c1.[Ir].[Ir].[Ir].[Ir]. The van der Waals surface area contributed by atoms with Crippen molar-refractivity contribution in [3.63, 3.8) is 0 Å². The van der Waals surface area contributed by atoms with Gasteiger partial charge in [0.2, 0.25) is 0 Å². The minimum Gasteiger partial charge on any atom is -0.512 e. The molecule has 0 aliphatic heterocycles. The van der Waals surface area contributed by atoms with Gasteiger partial charge in [0.05, 0.1) is 45.1 Å². The molecule has 4 aromatic heterocycles. The van der Waals surface area contributed by atoms with Gasteiger partial charge in [-0.2, -0.15) is 0 Å². The molecule has 13 rings (SSSR count). The molecule has 1 fully saturated rings. The molecule has 12 aromatic rings. The third-order valence-corrected chi connectivity index (χ3v) is 22.9. The van der Waals surface area contributed by atoms with E-state index in [4.69, 9.17) is 25.0 Å². The van der Waals surface area contributed by atoms with Gasteiger partial charge in [-0.3, -0.25) is 39.1 Å². The molecule has 0 unspecified atom stereocenters. The number of aliphatic hydroxyl groups is 4. The summed E-state index contributed by atoms with van der Waals surface area (Å²) in [5.74, 6) is 3.91. The van der Waals surface area contributed by atoms with E-state index >= 15 is 0 Å². The molecular weight excluding hydrogens is 2390 g/mol. The van der Waals surface area contributed by atoms with Crippen molar-refractivity contribution >= 4 is 66.7 Å². The van der Waals surface area contributed by atoms with Gasteiger partial charge in [0.25, 0.3) is 0 Å². The van der Waals surface area contributed by atoms with Crippen molar-refractivity contribution < 1.29 is 120 Å². The minimum absolute atomic E-state index is 0. The molecule has 16 heteroatoms. The third-order valence-electron chi connectivity index (χ3n) is 22.9. The van der Waals surface area contributed by atoms with E-state index in [0.29, 0.717) is 42.4 Å². The molecule has 4 heterocycles. The molecular formula is C120H150Ir4N4O8-4. The van der Waals surface area contributed by atoms with E-state index in [2.05, 4.69) is 291 Å². The summed E-state index contributed by atoms with van der Waals surface area (Å²) in [7, 11) is 0. The molecule has 1 aliphatic rings. The molecule has 12 nitrogen and oxygen atoms in total. The molecule has 1 saturated carbocycles. The molecule has 0 bridgehead atoms. The Labute approximate surface area is 869 Å². The van der Waals surface area contributed by atoms with E-state index in [9.17, 15) is 34.5 Å². The second-order valence-electron chi connectivity index (χ2n) is 37.9. The van der Waals surface area contributed by atoms with Crippen LogP contribution in [0.4, 0.5) is 0 Å².